The maximum absolute atomic E-state index is 12.3. The standard InChI is InChI=1S/C19H30N4O.2C2HF3O2/c1-13(2)11-21-18-16(19(24)20-3)10-15-6-8-23(12-14-4-5-14)9-7-17(15)22-18;2*3-2(4,5)1(6)7/h10,13-14H,4-9,11-12H2,1-3H3,(H,20,24)(H,21,22);2*(H,6,7). The van der Waals surface area contributed by atoms with Crippen LogP contribution in [0.5, 0.6) is 0 Å². The lowest BCUT2D eigenvalue weighted by atomic mass is 10.0. The van der Waals surface area contributed by atoms with Gasteiger partial charge in [-0.05, 0) is 42.7 Å². The Hall–Kier alpha value is -3.10. The van der Waals surface area contributed by atoms with Crippen LogP contribution in [0.15, 0.2) is 6.07 Å². The van der Waals surface area contributed by atoms with Crippen LogP contribution >= 0.6 is 0 Å². The van der Waals surface area contributed by atoms with Crippen LogP contribution in [0.25, 0.3) is 0 Å². The highest BCUT2D eigenvalue weighted by atomic mass is 19.4. The average molecular weight is 559 g/mol. The molecule has 216 valence electrons. The molecule has 0 unspecified atom stereocenters. The number of nitrogens with zero attached hydrogens (tertiary/aromatic N) is 2. The van der Waals surface area contributed by atoms with E-state index in [0.717, 1.165) is 49.9 Å². The Bertz CT molecular complexity index is 941. The zero-order valence-electron chi connectivity index (χ0n) is 21.2. The summed E-state index contributed by atoms with van der Waals surface area (Å²) in [5.41, 5.74) is 3.07. The van der Waals surface area contributed by atoms with Gasteiger partial charge in [0.2, 0.25) is 0 Å². The Kier molecular flexibility index (Phi) is 12.3. The number of pyridine rings is 1. The van der Waals surface area contributed by atoms with Gasteiger partial charge in [0.15, 0.2) is 0 Å². The van der Waals surface area contributed by atoms with Gasteiger partial charge in [0.1, 0.15) is 5.82 Å². The minimum atomic E-state index is -5.08. The molecule has 0 aromatic carbocycles. The number of carboxylic acid groups (broad SMARTS) is 2. The molecule has 1 aromatic rings. The first kappa shape index (κ1) is 32.9. The fourth-order valence-corrected chi connectivity index (χ4v) is 3.27. The van der Waals surface area contributed by atoms with Crippen molar-refractivity contribution in [3.05, 3.63) is 22.9 Å². The zero-order chi connectivity index (χ0) is 29.3. The van der Waals surface area contributed by atoms with Crippen LogP contribution in [-0.4, -0.2) is 83.5 Å². The molecule has 1 fully saturated rings. The second kappa shape index (κ2) is 14.2. The lowest BCUT2D eigenvalue weighted by Crippen LogP contribution is -2.28. The molecule has 3 rings (SSSR count). The van der Waals surface area contributed by atoms with Gasteiger partial charge < -0.3 is 25.7 Å². The van der Waals surface area contributed by atoms with Gasteiger partial charge in [-0.1, -0.05) is 13.8 Å². The number of aromatic nitrogens is 1. The van der Waals surface area contributed by atoms with Gasteiger partial charge in [0.25, 0.3) is 5.91 Å². The van der Waals surface area contributed by atoms with Crippen molar-refractivity contribution in [3.8, 4) is 0 Å². The summed E-state index contributed by atoms with van der Waals surface area (Å²) in [5.74, 6) is -3.41. The van der Waals surface area contributed by atoms with E-state index in [1.54, 1.807) is 7.05 Å². The number of nitrogens with one attached hydrogen (secondary N) is 2. The Morgan fingerprint density at radius 2 is 1.53 bits per heavy atom. The summed E-state index contributed by atoms with van der Waals surface area (Å²) in [6.45, 7) is 8.53. The van der Waals surface area contributed by atoms with Gasteiger partial charge in [-0.2, -0.15) is 26.3 Å². The molecule has 0 bridgehead atoms. The van der Waals surface area contributed by atoms with Crippen LogP contribution in [-0.2, 0) is 22.4 Å². The minimum absolute atomic E-state index is 0.0596. The predicted molar refractivity (Wildman–Crippen MR) is 125 cm³/mol. The third-order valence-corrected chi connectivity index (χ3v) is 5.40. The van der Waals surface area contributed by atoms with Crippen molar-refractivity contribution in [1.29, 1.82) is 0 Å². The molecule has 0 spiro atoms. The summed E-state index contributed by atoms with van der Waals surface area (Å²) >= 11 is 0. The Balaban J connectivity index is 0.000000426. The van der Waals surface area contributed by atoms with Crippen LogP contribution in [0.1, 0.15) is 48.3 Å². The molecular weight excluding hydrogens is 526 g/mol. The SMILES string of the molecule is CNC(=O)c1cc2c(nc1NCC(C)C)CCN(CC1CC1)CC2.O=C(O)C(F)(F)F.O=C(O)C(F)(F)F. The first-order valence-corrected chi connectivity index (χ1v) is 11.8. The number of carboxylic acids is 2. The minimum Gasteiger partial charge on any atom is -0.475 e. The highest BCUT2D eigenvalue weighted by Crippen LogP contribution is 2.30. The van der Waals surface area contributed by atoms with Gasteiger partial charge in [-0.15, -0.1) is 0 Å². The molecule has 2 aliphatic rings. The second-order valence-electron chi connectivity index (χ2n) is 9.19. The number of halogens is 6. The second-order valence-corrected chi connectivity index (χ2v) is 9.19. The van der Waals surface area contributed by atoms with Gasteiger partial charge >= 0.3 is 24.3 Å². The first-order chi connectivity index (χ1) is 17.4. The molecule has 15 heteroatoms. The number of fused-ring (bicyclic) bond motifs is 1. The molecular formula is C23H32F6N4O5. The highest BCUT2D eigenvalue weighted by Gasteiger charge is 2.38. The van der Waals surface area contributed by atoms with Crippen LogP contribution in [0.2, 0.25) is 0 Å². The first-order valence-electron chi connectivity index (χ1n) is 11.8. The van der Waals surface area contributed by atoms with Crippen molar-refractivity contribution in [2.24, 2.45) is 11.8 Å². The quantitative estimate of drug-likeness (QED) is 0.390. The maximum Gasteiger partial charge on any atom is 0.490 e. The fraction of sp³-hybridized carbons (Fsp3) is 0.652. The molecule has 1 saturated carbocycles. The van der Waals surface area contributed by atoms with E-state index in [0.29, 0.717) is 11.5 Å². The van der Waals surface area contributed by atoms with E-state index in [2.05, 4.69) is 35.4 Å². The molecule has 1 amide bonds. The number of alkyl halides is 6. The summed E-state index contributed by atoms with van der Waals surface area (Å²) in [7, 11) is 1.68. The lowest BCUT2D eigenvalue weighted by Gasteiger charge is -2.18. The number of anilines is 1. The van der Waals surface area contributed by atoms with Gasteiger partial charge in [-0.25, -0.2) is 14.6 Å². The third kappa shape index (κ3) is 12.0. The van der Waals surface area contributed by atoms with Crippen LogP contribution in [0, 0.1) is 11.8 Å². The van der Waals surface area contributed by atoms with E-state index >= 15 is 0 Å². The summed E-state index contributed by atoms with van der Waals surface area (Å²) in [4.78, 5) is 37.5. The summed E-state index contributed by atoms with van der Waals surface area (Å²) in [6.07, 6.45) is -5.41. The van der Waals surface area contributed by atoms with Crippen molar-refractivity contribution in [3.63, 3.8) is 0 Å². The van der Waals surface area contributed by atoms with Crippen LogP contribution in [0.4, 0.5) is 32.2 Å². The Morgan fingerprint density at radius 1 is 1.03 bits per heavy atom. The molecule has 0 radical (unpaired) electrons. The highest BCUT2D eigenvalue weighted by molar-refractivity contribution is 5.98. The fourth-order valence-electron chi connectivity index (χ4n) is 3.27. The molecule has 9 nitrogen and oxygen atoms in total. The number of carbonyl (C=O) groups is 3. The molecule has 4 N–H and O–H groups in total. The predicted octanol–water partition coefficient (Wildman–Crippen LogP) is 3.59. The molecule has 2 heterocycles. The summed E-state index contributed by atoms with van der Waals surface area (Å²) in [5, 5.41) is 20.4. The number of hydrogen-bond donors (Lipinski definition) is 4. The molecule has 0 saturated heterocycles. The summed E-state index contributed by atoms with van der Waals surface area (Å²) in [6, 6.07) is 2.06. The zero-order valence-corrected chi connectivity index (χ0v) is 21.2. The molecule has 0 atom stereocenters. The van der Waals surface area contributed by atoms with Crippen molar-refractivity contribution in [1.82, 2.24) is 15.2 Å². The van der Waals surface area contributed by atoms with E-state index in [-0.39, 0.29) is 5.91 Å². The van der Waals surface area contributed by atoms with Crippen LogP contribution in [0.3, 0.4) is 0 Å². The molecule has 1 aliphatic carbocycles. The molecule has 1 aromatic heterocycles. The Labute approximate surface area is 215 Å². The number of rotatable bonds is 6. The monoisotopic (exact) mass is 558 g/mol. The Morgan fingerprint density at radius 3 is 1.95 bits per heavy atom. The van der Waals surface area contributed by atoms with Gasteiger partial charge in [0.05, 0.1) is 5.56 Å². The molecule has 1 aliphatic heterocycles. The van der Waals surface area contributed by atoms with Crippen LogP contribution < -0.4 is 10.6 Å². The topological polar surface area (TPSA) is 132 Å². The number of hydrogen-bond acceptors (Lipinski definition) is 6. The van der Waals surface area contributed by atoms with E-state index in [1.807, 2.05) is 0 Å². The normalized spacial score (nSPS) is 15.6. The number of carbonyl (C=O) groups excluding carboxylic acids is 1. The van der Waals surface area contributed by atoms with E-state index in [9.17, 15) is 31.1 Å². The van der Waals surface area contributed by atoms with Crippen molar-refractivity contribution < 1.29 is 50.9 Å². The van der Waals surface area contributed by atoms with Crippen molar-refractivity contribution >= 4 is 23.7 Å². The molecule has 38 heavy (non-hydrogen) atoms. The van der Waals surface area contributed by atoms with Gasteiger partial charge in [-0.3, -0.25) is 4.79 Å². The average Bonchev–Trinajstić information content (AvgIpc) is 3.64. The third-order valence-electron chi connectivity index (χ3n) is 5.40. The van der Waals surface area contributed by atoms with E-state index in [4.69, 9.17) is 24.8 Å². The summed E-state index contributed by atoms with van der Waals surface area (Å²) < 4.78 is 63.5. The largest absolute Gasteiger partial charge is 0.490 e. The van der Waals surface area contributed by atoms with Crippen molar-refractivity contribution in [2.45, 2.75) is 51.9 Å². The van der Waals surface area contributed by atoms with Crippen molar-refractivity contribution in [2.75, 3.05) is 38.5 Å². The smallest absolute Gasteiger partial charge is 0.475 e. The van der Waals surface area contributed by atoms with E-state index < -0.39 is 24.3 Å². The maximum atomic E-state index is 12.3. The lowest BCUT2D eigenvalue weighted by molar-refractivity contribution is -0.193. The number of aliphatic carboxylic acids is 2. The van der Waals surface area contributed by atoms with E-state index in [1.165, 1.54) is 24.9 Å². The van der Waals surface area contributed by atoms with Gasteiger partial charge in [0, 0.05) is 45.3 Å². The number of amides is 1.